The summed E-state index contributed by atoms with van der Waals surface area (Å²) in [7, 11) is 0. The third-order valence-corrected chi connectivity index (χ3v) is 3.29. The molecule has 1 saturated heterocycles. The van der Waals surface area contributed by atoms with Gasteiger partial charge in [-0.15, -0.1) is 0 Å². The molecule has 2 rings (SSSR count). The molecule has 1 aliphatic rings. The molecule has 4 nitrogen and oxygen atoms in total. The van der Waals surface area contributed by atoms with E-state index in [9.17, 15) is 0 Å². The summed E-state index contributed by atoms with van der Waals surface area (Å²) in [5.41, 5.74) is 6.90. The molecule has 94 valence electrons. The van der Waals surface area contributed by atoms with Crippen LogP contribution in [0.15, 0.2) is 18.3 Å². The third-order valence-electron chi connectivity index (χ3n) is 3.29. The van der Waals surface area contributed by atoms with E-state index in [0.717, 1.165) is 37.6 Å². The minimum absolute atomic E-state index is 0.0446. The smallest absolute Gasteiger partial charge is 0.128 e. The molecule has 1 unspecified atom stereocenters. The second-order valence-corrected chi connectivity index (χ2v) is 4.57. The number of hydrogen-bond donors (Lipinski definition) is 1. The van der Waals surface area contributed by atoms with Gasteiger partial charge >= 0.3 is 0 Å². The van der Waals surface area contributed by atoms with Crippen LogP contribution in [-0.4, -0.2) is 30.8 Å². The number of aromatic nitrogens is 1. The van der Waals surface area contributed by atoms with Crippen LogP contribution in [0.3, 0.4) is 0 Å². The van der Waals surface area contributed by atoms with Crippen LogP contribution >= 0.6 is 0 Å². The maximum Gasteiger partial charge on any atom is 0.128 e. The Kier molecular flexibility index (Phi) is 3.97. The summed E-state index contributed by atoms with van der Waals surface area (Å²) in [6, 6.07) is 4.61. The second-order valence-electron chi connectivity index (χ2n) is 4.57. The zero-order valence-corrected chi connectivity index (χ0v) is 10.6. The summed E-state index contributed by atoms with van der Waals surface area (Å²) < 4.78 is 5.50. The first kappa shape index (κ1) is 12.3. The van der Waals surface area contributed by atoms with Gasteiger partial charge in [-0.05, 0) is 25.0 Å². The topological polar surface area (TPSA) is 51.4 Å². The Morgan fingerprint density at radius 1 is 1.59 bits per heavy atom. The molecule has 1 fully saturated rings. The molecular weight excluding hydrogens is 214 g/mol. The first-order valence-corrected chi connectivity index (χ1v) is 6.28. The van der Waals surface area contributed by atoms with Gasteiger partial charge in [0.05, 0.1) is 19.3 Å². The molecule has 17 heavy (non-hydrogen) atoms. The lowest BCUT2D eigenvalue weighted by Crippen LogP contribution is -2.45. The van der Waals surface area contributed by atoms with Crippen molar-refractivity contribution in [2.24, 2.45) is 5.73 Å². The lowest BCUT2D eigenvalue weighted by Gasteiger charge is -2.36. The van der Waals surface area contributed by atoms with Crippen LogP contribution in [0.5, 0.6) is 0 Å². The molecule has 0 spiro atoms. The Balaban J connectivity index is 2.15. The number of hydrogen-bond acceptors (Lipinski definition) is 4. The molecule has 0 radical (unpaired) electrons. The van der Waals surface area contributed by atoms with E-state index in [-0.39, 0.29) is 6.04 Å². The van der Waals surface area contributed by atoms with Gasteiger partial charge in [0.25, 0.3) is 0 Å². The standard InChI is InChI=1S/C13H21N3O/c1-3-12-9-17-7-6-16(12)13-5-4-11(8-15-13)10(2)14/h4-5,8,10,12H,3,6-7,9,14H2,1-2H3/t10-,12?/m0/s1. The van der Waals surface area contributed by atoms with Crippen LogP contribution in [-0.2, 0) is 4.74 Å². The van der Waals surface area contributed by atoms with E-state index in [1.807, 2.05) is 13.1 Å². The average Bonchev–Trinajstić information content (AvgIpc) is 2.39. The van der Waals surface area contributed by atoms with Crippen LogP contribution in [0, 0.1) is 0 Å². The number of ether oxygens (including phenoxy) is 1. The maximum absolute atomic E-state index is 5.82. The Hall–Kier alpha value is -1.13. The second kappa shape index (κ2) is 5.47. The lowest BCUT2D eigenvalue weighted by molar-refractivity contribution is 0.0925. The number of anilines is 1. The minimum atomic E-state index is 0.0446. The first-order valence-electron chi connectivity index (χ1n) is 6.28. The van der Waals surface area contributed by atoms with E-state index < -0.39 is 0 Å². The van der Waals surface area contributed by atoms with Crippen molar-refractivity contribution in [3.05, 3.63) is 23.9 Å². The Bertz CT molecular complexity index is 350. The van der Waals surface area contributed by atoms with Crippen molar-refractivity contribution in [1.29, 1.82) is 0 Å². The molecule has 1 aliphatic heterocycles. The lowest BCUT2D eigenvalue weighted by atomic mass is 10.1. The Labute approximate surface area is 103 Å². The average molecular weight is 235 g/mol. The van der Waals surface area contributed by atoms with E-state index in [1.54, 1.807) is 0 Å². The van der Waals surface area contributed by atoms with Crippen molar-refractivity contribution < 1.29 is 4.74 Å². The molecule has 0 aliphatic carbocycles. The van der Waals surface area contributed by atoms with Crippen molar-refractivity contribution >= 4 is 5.82 Å². The first-order chi connectivity index (χ1) is 8.22. The number of morpholine rings is 1. The van der Waals surface area contributed by atoms with E-state index in [4.69, 9.17) is 10.5 Å². The van der Waals surface area contributed by atoms with Crippen molar-refractivity contribution in [2.75, 3.05) is 24.7 Å². The summed E-state index contributed by atoms with van der Waals surface area (Å²) in [4.78, 5) is 6.84. The summed E-state index contributed by atoms with van der Waals surface area (Å²) >= 11 is 0. The van der Waals surface area contributed by atoms with Gasteiger partial charge in [-0.25, -0.2) is 4.98 Å². The molecule has 0 saturated carbocycles. The van der Waals surface area contributed by atoms with Crippen molar-refractivity contribution in [2.45, 2.75) is 32.4 Å². The van der Waals surface area contributed by atoms with E-state index in [0.29, 0.717) is 6.04 Å². The fourth-order valence-corrected chi connectivity index (χ4v) is 2.13. The third kappa shape index (κ3) is 2.76. The van der Waals surface area contributed by atoms with Crippen LogP contribution < -0.4 is 10.6 Å². The molecule has 0 aromatic carbocycles. The van der Waals surface area contributed by atoms with E-state index >= 15 is 0 Å². The number of rotatable bonds is 3. The number of nitrogens with zero attached hydrogens (tertiary/aromatic N) is 2. The van der Waals surface area contributed by atoms with Crippen molar-refractivity contribution in [3.8, 4) is 0 Å². The molecule has 0 bridgehead atoms. The minimum Gasteiger partial charge on any atom is -0.377 e. The number of pyridine rings is 1. The normalized spacial score (nSPS) is 22.5. The summed E-state index contributed by atoms with van der Waals surface area (Å²) in [6.45, 7) is 6.66. The van der Waals surface area contributed by atoms with Gasteiger partial charge in [0.2, 0.25) is 0 Å². The molecule has 0 amide bonds. The molecule has 1 aromatic heterocycles. The van der Waals surface area contributed by atoms with Gasteiger partial charge < -0.3 is 15.4 Å². The van der Waals surface area contributed by atoms with Crippen molar-refractivity contribution in [1.82, 2.24) is 4.98 Å². The van der Waals surface area contributed by atoms with Gasteiger partial charge in [-0.3, -0.25) is 0 Å². The Morgan fingerprint density at radius 2 is 2.41 bits per heavy atom. The van der Waals surface area contributed by atoms with Crippen molar-refractivity contribution in [3.63, 3.8) is 0 Å². The summed E-state index contributed by atoms with van der Waals surface area (Å²) in [6.07, 6.45) is 2.96. The molecule has 2 N–H and O–H groups in total. The van der Waals surface area contributed by atoms with Gasteiger partial charge in [0.1, 0.15) is 5.82 Å². The van der Waals surface area contributed by atoms with Gasteiger partial charge in [-0.2, -0.15) is 0 Å². The largest absolute Gasteiger partial charge is 0.377 e. The van der Waals surface area contributed by atoms with Crippen LogP contribution in [0.2, 0.25) is 0 Å². The van der Waals surface area contributed by atoms with Gasteiger partial charge in [0.15, 0.2) is 0 Å². The quantitative estimate of drug-likeness (QED) is 0.866. The molecule has 4 heteroatoms. The fourth-order valence-electron chi connectivity index (χ4n) is 2.13. The summed E-state index contributed by atoms with van der Waals surface area (Å²) in [5.74, 6) is 1.03. The molecule has 2 heterocycles. The van der Waals surface area contributed by atoms with E-state index in [2.05, 4.69) is 28.9 Å². The van der Waals surface area contributed by atoms with Crippen LogP contribution in [0.1, 0.15) is 31.9 Å². The van der Waals surface area contributed by atoms with Gasteiger partial charge in [0, 0.05) is 18.8 Å². The van der Waals surface area contributed by atoms with Crippen LogP contribution in [0.25, 0.3) is 0 Å². The Morgan fingerprint density at radius 3 is 3.00 bits per heavy atom. The predicted molar refractivity (Wildman–Crippen MR) is 69.1 cm³/mol. The SMILES string of the molecule is CCC1COCCN1c1ccc([C@H](C)N)cn1. The maximum atomic E-state index is 5.82. The highest BCUT2D eigenvalue weighted by atomic mass is 16.5. The molecule has 1 aromatic rings. The summed E-state index contributed by atoms with van der Waals surface area (Å²) in [5, 5.41) is 0. The zero-order chi connectivity index (χ0) is 12.3. The monoisotopic (exact) mass is 235 g/mol. The molecular formula is C13H21N3O. The highest BCUT2D eigenvalue weighted by Crippen LogP contribution is 2.20. The van der Waals surface area contributed by atoms with E-state index in [1.165, 1.54) is 0 Å². The highest BCUT2D eigenvalue weighted by Gasteiger charge is 2.22. The molecule has 2 atom stereocenters. The fraction of sp³-hybridized carbons (Fsp3) is 0.615. The number of nitrogens with two attached hydrogens (primary N) is 1. The van der Waals surface area contributed by atoms with Crippen LogP contribution in [0.4, 0.5) is 5.82 Å². The zero-order valence-electron chi connectivity index (χ0n) is 10.6. The predicted octanol–water partition coefficient (Wildman–Crippen LogP) is 1.72. The van der Waals surface area contributed by atoms with Gasteiger partial charge in [-0.1, -0.05) is 13.0 Å². The highest BCUT2D eigenvalue weighted by molar-refractivity contribution is 5.41.